The van der Waals surface area contributed by atoms with E-state index in [0.717, 1.165) is 42.7 Å². The van der Waals surface area contributed by atoms with E-state index < -0.39 is 0 Å². The molecular formula is C52H44N2. The van der Waals surface area contributed by atoms with Crippen LogP contribution in [0.5, 0.6) is 0 Å². The van der Waals surface area contributed by atoms with Gasteiger partial charge in [0.25, 0.3) is 0 Å². The fraction of sp³-hybridized carbons (Fsp3) is 0.115. The lowest BCUT2D eigenvalue weighted by Gasteiger charge is -2.30. The number of anilines is 6. The first-order valence-electron chi connectivity index (χ1n) is 19.4. The lowest BCUT2D eigenvalue weighted by atomic mass is 9.97. The lowest BCUT2D eigenvalue weighted by molar-refractivity contribution is 0.922. The quantitative estimate of drug-likeness (QED) is 0.131. The predicted octanol–water partition coefficient (Wildman–Crippen LogP) is 15.1. The first kappa shape index (κ1) is 33.5. The maximum absolute atomic E-state index is 2.47. The molecule has 0 saturated heterocycles. The Morgan fingerprint density at radius 1 is 0.315 bits per heavy atom. The standard InChI is InChI=1S/C52H44N2/c1-3-13-37-25-30-42(31-26-37)53(50-23-11-17-39-15-5-7-19-45(39)50)44-34-29-41-35-52(48-22-10-9-21-47(48)49(41)36-44)54(43-32-27-38(14-4-2)28-33-43)51-24-12-18-40-16-6-8-20-46(40)51/h5-12,15-36H,3-4,13-14H2,1-2H3. The molecule has 0 unspecified atom stereocenters. The highest BCUT2D eigenvalue weighted by atomic mass is 15.2. The summed E-state index contributed by atoms with van der Waals surface area (Å²) in [6, 6.07) is 67.4. The number of benzene rings is 9. The van der Waals surface area contributed by atoms with Gasteiger partial charge in [0, 0.05) is 33.2 Å². The zero-order chi connectivity index (χ0) is 36.4. The third-order valence-corrected chi connectivity index (χ3v) is 10.8. The van der Waals surface area contributed by atoms with Gasteiger partial charge in [-0.3, -0.25) is 0 Å². The molecule has 0 atom stereocenters. The van der Waals surface area contributed by atoms with Gasteiger partial charge in [0.1, 0.15) is 0 Å². The zero-order valence-electron chi connectivity index (χ0n) is 31.0. The molecule has 9 aromatic carbocycles. The summed E-state index contributed by atoms with van der Waals surface area (Å²) in [4.78, 5) is 4.90. The van der Waals surface area contributed by atoms with Gasteiger partial charge >= 0.3 is 0 Å². The molecule has 0 aliphatic heterocycles. The van der Waals surface area contributed by atoms with Gasteiger partial charge in [-0.1, -0.05) is 154 Å². The summed E-state index contributed by atoms with van der Waals surface area (Å²) in [5.74, 6) is 0. The van der Waals surface area contributed by atoms with Crippen molar-refractivity contribution in [2.45, 2.75) is 39.5 Å². The molecule has 0 heterocycles. The van der Waals surface area contributed by atoms with Crippen LogP contribution >= 0.6 is 0 Å². The minimum absolute atomic E-state index is 1.08. The van der Waals surface area contributed by atoms with Gasteiger partial charge < -0.3 is 9.80 Å². The molecule has 0 saturated carbocycles. The molecule has 54 heavy (non-hydrogen) atoms. The normalized spacial score (nSPS) is 11.4. The van der Waals surface area contributed by atoms with Crippen LogP contribution < -0.4 is 9.80 Å². The topological polar surface area (TPSA) is 6.48 Å². The van der Waals surface area contributed by atoms with E-state index in [4.69, 9.17) is 0 Å². The number of nitrogens with zero attached hydrogens (tertiary/aromatic N) is 2. The summed E-state index contributed by atoms with van der Waals surface area (Å²) in [6.45, 7) is 4.49. The largest absolute Gasteiger partial charge is 0.310 e. The molecular weight excluding hydrogens is 653 g/mol. The van der Waals surface area contributed by atoms with Crippen LogP contribution in [-0.2, 0) is 12.8 Å². The van der Waals surface area contributed by atoms with Gasteiger partial charge in [-0.25, -0.2) is 0 Å². The van der Waals surface area contributed by atoms with Crippen LogP contribution in [0.2, 0.25) is 0 Å². The lowest BCUT2D eigenvalue weighted by Crippen LogP contribution is -2.12. The summed E-state index contributed by atoms with van der Waals surface area (Å²) in [5, 5.41) is 9.81. The van der Waals surface area contributed by atoms with Crippen molar-refractivity contribution in [2.75, 3.05) is 9.80 Å². The van der Waals surface area contributed by atoms with Crippen LogP contribution in [0.25, 0.3) is 43.1 Å². The van der Waals surface area contributed by atoms with E-state index in [-0.39, 0.29) is 0 Å². The first-order valence-corrected chi connectivity index (χ1v) is 19.4. The van der Waals surface area contributed by atoms with Crippen LogP contribution in [-0.4, -0.2) is 0 Å². The smallest absolute Gasteiger partial charge is 0.0546 e. The van der Waals surface area contributed by atoms with E-state index in [0.29, 0.717) is 0 Å². The van der Waals surface area contributed by atoms with Crippen molar-refractivity contribution < 1.29 is 0 Å². The van der Waals surface area contributed by atoms with Crippen molar-refractivity contribution in [3.05, 3.63) is 193 Å². The van der Waals surface area contributed by atoms with E-state index in [1.807, 2.05) is 0 Å². The van der Waals surface area contributed by atoms with E-state index >= 15 is 0 Å². The fourth-order valence-electron chi connectivity index (χ4n) is 8.24. The molecule has 0 N–H and O–H groups in total. The number of hydrogen-bond donors (Lipinski definition) is 0. The molecule has 0 radical (unpaired) electrons. The molecule has 9 rings (SSSR count). The number of fused-ring (bicyclic) bond motifs is 5. The Balaban J connectivity index is 1.27. The Morgan fingerprint density at radius 3 is 1.35 bits per heavy atom. The van der Waals surface area contributed by atoms with Gasteiger partial charge in [0.05, 0.1) is 17.1 Å². The summed E-state index contributed by atoms with van der Waals surface area (Å²) in [5.41, 5.74) is 9.69. The van der Waals surface area contributed by atoms with E-state index in [2.05, 4.69) is 206 Å². The van der Waals surface area contributed by atoms with Crippen molar-refractivity contribution in [3.63, 3.8) is 0 Å². The molecule has 9 aromatic rings. The fourth-order valence-corrected chi connectivity index (χ4v) is 8.24. The van der Waals surface area contributed by atoms with Gasteiger partial charge in [-0.05, 0) is 105 Å². The highest BCUT2D eigenvalue weighted by molar-refractivity contribution is 6.16. The molecule has 2 nitrogen and oxygen atoms in total. The van der Waals surface area contributed by atoms with E-state index in [9.17, 15) is 0 Å². The van der Waals surface area contributed by atoms with Crippen LogP contribution in [0, 0.1) is 0 Å². The average Bonchev–Trinajstić information content (AvgIpc) is 3.23. The second-order valence-corrected chi connectivity index (χ2v) is 14.3. The minimum Gasteiger partial charge on any atom is -0.310 e. The van der Waals surface area contributed by atoms with Crippen LogP contribution in [0.1, 0.15) is 37.8 Å². The van der Waals surface area contributed by atoms with Crippen molar-refractivity contribution in [1.29, 1.82) is 0 Å². The maximum atomic E-state index is 2.47. The Morgan fingerprint density at radius 2 is 0.778 bits per heavy atom. The van der Waals surface area contributed by atoms with Gasteiger partial charge in [-0.15, -0.1) is 0 Å². The highest BCUT2D eigenvalue weighted by Crippen LogP contribution is 2.46. The summed E-state index contributed by atoms with van der Waals surface area (Å²) in [6.07, 6.45) is 4.42. The third kappa shape index (κ3) is 6.14. The van der Waals surface area contributed by atoms with Gasteiger partial charge in [0.15, 0.2) is 0 Å². The highest BCUT2D eigenvalue weighted by Gasteiger charge is 2.21. The number of aryl methyl sites for hydroxylation is 2. The molecule has 2 heteroatoms. The summed E-state index contributed by atoms with van der Waals surface area (Å²) in [7, 11) is 0. The summed E-state index contributed by atoms with van der Waals surface area (Å²) >= 11 is 0. The van der Waals surface area contributed by atoms with Crippen LogP contribution in [0.15, 0.2) is 182 Å². The average molecular weight is 697 g/mol. The Bertz CT molecular complexity index is 2730. The molecule has 0 bridgehead atoms. The summed E-state index contributed by atoms with van der Waals surface area (Å²) < 4.78 is 0. The Labute approximate surface area is 318 Å². The molecule has 0 amide bonds. The second kappa shape index (κ2) is 14.6. The molecule has 262 valence electrons. The van der Waals surface area contributed by atoms with Crippen molar-refractivity contribution in [2.24, 2.45) is 0 Å². The Hall–Kier alpha value is -6.38. The molecule has 0 fully saturated rings. The van der Waals surface area contributed by atoms with Crippen molar-refractivity contribution >= 4 is 77.2 Å². The monoisotopic (exact) mass is 696 g/mol. The predicted molar refractivity (Wildman–Crippen MR) is 234 cm³/mol. The molecule has 0 aromatic heterocycles. The van der Waals surface area contributed by atoms with E-state index in [1.165, 1.54) is 71.3 Å². The minimum atomic E-state index is 1.08. The van der Waals surface area contributed by atoms with Crippen LogP contribution in [0.4, 0.5) is 34.1 Å². The molecule has 0 aliphatic carbocycles. The van der Waals surface area contributed by atoms with Gasteiger partial charge in [0.2, 0.25) is 0 Å². The van der Waals surface area contributed by atoms with Crippen molar-refractivity contribution in [1.82, 2.24) is 0 Å². The second-order valence-electron chi connectivity index (χ2n) is 14.3. The van der Waals surface area contributed by atoms with Gasteiger partial charge in [-0.2, -0.15) is 0 Å². The Kier molecular flexibility index (Phi) is 9.02. The number of rotatable bonds is 10. The molecule has 0 spiro atoms. The number of hydrogen-bond acceptors (Lipinski definition) is 2. The third-order valence-electron chi connectivity index (χ3n) is 10.8. The zero-order valence-corrected chi connectivity index (χ0v) is 31.0. The maximum Gasteiger partial charge on any atom is 0.0546 e. The first-order chi connectivity index (χ1) is 26.7. The SMILES string of the molecule is CCCc1ccc(N(c2ccc3cc(N(c4ccc(CCC)cc4)c4cccc5ccccc45)c4ccccc4c3c2)c2cccc3ccccc23)cc1. The van der Waals surface area contributed by atoms with Crippen LogP contribution in [0.3, 0.4) is 0 Å². The van der Waals surface area contributed by atoms with E-state index in [1.54, 1.807) is 0 Å². The molecule has 0 aliphatic rings. The van der Waals surface area contributed by atoms with Crippen molar-refractivity contribution in [3.8, 4) is 0 Å².